The standard InChI is InChI=1S/C19H23N4O7P/c1-12-10-22(19(26)21-18(12)25)17-9-14(29-13(2)24)15(30-17)11-28-31-23(7-8-27-31)16-5-3-4-6-20-16/h3-6,10,14-15,17H,7-9,11H2,1-2H3,(H,21,25,26)/t14?,15-,17-,31?/m1/s1. The third-order valence-electron chi connectivity index (χ3n) is 4.92. The Labute approximate surface area is 178 Å². The lowest BCUT2D eigenvalue weighted by Gasteiger charge is -2.24. The van der Waals surface area contributed by atoms with E-state index in [2.05, 4.69) is 9.97 Å². The minimum atomic E-state index is -1.39. The summed E-state index contributed by atoms with van der Waals surface area (Å²) in [6.07, 6.45) is 1.47. The van der Waals surface area contributed by atoms with Crippen LogP contribution >= 0.6 is 8.53 Å². The third-order valence-corrected chi connectivity index (χ3v) is 6.49. The number of rotatable bonds is 6. The van der Waals surface area contributed by atoms with Gasteiger partial charge in [-0.2, -0.15) is 0 Å². The van der Waals surface area contributed by atoms with Crippen molar-refractivity contribution in [1.82, 2.24) is 14.5 Å². The van der Waals surface area contributed by atoms with E-state index < -0.39 is 44.2 Å². The van der Waals surface area contributed by atoms with Crippen LogP contribution in [0.15, 0.2) is 40.2 Å². The van der Waals surface area contributed by atoms with Crippen LogP contribution in [0.2, 0.25) is 0 Å². The Morgan fingerprint density at radius 1 is 1.39 bits per heavy atom. The molecule has 4 rings (SSSR count). The average molecular weight is 450 g/mol. The predicted molar refractivity (Wildman–Crippen MR) is 111 cm³/mol. The monoisotopic (exact) mass is 450 g/mol. The van der Waals surface area contributed by atoms with Crippen molar-refractivity contribution in [2.45, 2.75) is 38.7 Å². The Balaban J connectivity index is 1.47. The molecule has 0 aliphatic carbocycles. The van der Waals surface area contributed by atoms with Crippen molar-refractivity contribution in [2.75, 3.05) is 24.4 Å². The van der Waals surface area contributed by atoms with E-state index in [1.165, 1.54) is 17.7 Å². The number of H-pyrrole nitrogens is 1. The highest BCUT2D eigenvalue weighted by atomic mass is 31.2. The second-order valence-electron chi connectivity index (χ2n) is 7.17. The normalized spacial score (nSPS) is 25.7. The summed E-state index contributed by atoms with van der Waals surface area (Å²) in [7, 11) is -1.39. The zero-order valence-corrected chi connectivity index (χ0v) is 18.0. The van der Waals surface area contributed by atoms with Crippen LogP contribution in [0.1, 0.15) is 25.1 Å². The van der Waals surface area contributed by atoms with E-state index in [0.29, 0.717) is 18.7 Å². The van der Waals surface area contributed by atoms with Crippen molar-refractivity contribution < 1.29 is 23.3 Å². The molecule has 2 saturated heterocycles. The Morgan fingerprint density at radius 2 is 2.23 bits per heavy atom. The van der Waals surface area contributed by atoms with E-state index in [0.717, 1.165) is 5.82 Å². The second kappa shape index (κ2) is 9.27. The molecule has 166 valence electrons. The van der Waals surface area contributed by atoms with E-state index >= 15 is 0 Å². The maximum Gasteiger partial charge on any atom is 0.330 e. The number of pyridine rings is 1. The molecule has 2 aromatic rings. The van der Waals surface area contributed by atoms with E-state index in [4.69, 9.17) is 18.5 Å². The van der Waals surface area contributed by atoms with Gasteiger partial charge in [0, 0.05) is 31.3 Å². The molecule has 0 saturated carbocycles. The number of hydrogen-bond donors (Lipinski definition) is 1. The van der Waals surface area contributed by atoms with Gasteiger partial charge in [-0.3, -0.25) is 23.8 Å². The summed E-state index contributed by atoms with van der Waals surface area (Å²) in [5.74, 6) is 0.297. The molecule has 2 fully saturated rings. The molecule has 31 heavy (non-hydrogen) atoms. The van der Waals surface area contributed by atoms with Crippen LogP contribution in [-0.2, 0) is 23.3 Å². The summed E-state index contributed by atoms with van der Waals surface area (Å²) in [5.41, 5.74) is -0.666. The lowest BCUT2D eigenvalue weighted by Crippen LogP contribution is -2.33. The van der Waals surface area contributed by atoms with Crippen molar-refractivity contribution in [3.05, 3.63) is 57.0 Å². The number of nitrogens with zero attached hydrogens (tertiary/aromatic N) is 3. The first-order valence-corrected chi connectivity index (χ1v) is 10.9. The lowest BCUT2D eigenvalue weighted by atomic mass is 10.2. The summed E-state index contributed by atoms with van der Waals surface area (Å²) < 4.78 is 26.4. The number of aromatic amines is 1. The van der Waals surface area contributed by atoms with E-state index in [9.17, 15) is 14.4 Å². The van der Waals surface area contributed by atoms with Gasteiger partial charge in [0.1, 0.15) is 24.3 Å². The Bertz CT molecular complexity index is 1040. The highest BCUT2D eigenvalue weighted by Gasteiger charge is 2.41. The molecule has 2 unspecified atom stereocenters. The molecule has 0 aromatic carbocycles. The topological polar surface area (TPSA) is 125 Å². The maximum atomic E-state index is 12.2. The van der Waals surface area contributed by atoms with Gasteiger partial charge in [-0.1, -0.05) is 6.07 Å². The van der Waals surface area contributed by atoms with Gasteiger partial charge in [0.2, 0.25) is 0 Å². The van der Waals surface area contributed by atoms with Crippen molar-refractivity contribution in [1.29, 1.82) is 0 Å². The smallest absolute Gasteiger partial charge is 0.330 e. The minimum absolute atomic E-state index is 0.0978. The van der Waals surface area contributed by atoms with Gasteiger partial charge in [0.05, 0.1) is 19.8 Å². The molecule has 2 aliphatic rings. The van der Waals surface area contributed by atoms with E-state index in [1.54, 1.807) is 13.1 Å². The van der Waals surface area contributed by atoms with Crippen LogP contribution in [0, 0.1) is 6.92 Å². The summed E-state index contributed by atoms with van der Waals surface area (Å²) in [6.45, 7) is 4.17. The van der Waals surface area contributed by atoms with Crippen LogP contribution < -0.4 is 15.9 Å². The van der Waals surface area contributed by atoms with Crippen LogP contribution in [0.3, 0.4) is 0 Å². The van der Waals surface area contributed by atoms with E-state index in [1.807, 2.05) is 22.9 Å². The molecule has 0 bridgehead atoms. The molecular formula is C19H23N4O7P. The molecule has 4 atom stereocenters. The van der Waals surface area contributed by atoms with Gasteiger partial charge in [-0.05, 0) is 19.1 Å². The van der Waals surface area contributed by atoms with Crippen molar-refractivity contribution in [3.63, 3.8) is 0 Å². The summed E-state index contributed by atoms with van der Waals surface area (Å²) >= 11 is 0. The van der Waals surface area contributed by atoms with Gasteiger partial charge < -0.3 is 18.5 Å². The number of anilines is 1. The van der Waals surface area contributed by atoms with Crippen molar-refractivity contribution >= 4 is 20.3 Å². The van der Waals surface area contributed by atoms with Crippen molar-refractivity contribution in [3.8, 4) is 0 Å². The molecule has 0 radical (unpaired) electrons. The van der Waals surface area contributed by atoms with Crippen molar-refractivity contribution in [2.24, 2.45) is 0 Å². The minimum Gasteiger partial charge on any atom is -0.460 e. The Hall–Kier alpha value is -2.59. The number of aromatic nitrogens is 3. The van der Waals surface area contributed by atoms with Gasteiger partial charge >= 0.3 is 11.7 Å². The molecule has 2 aromatic heterocycles. The van der Waals surface area contributed by atoms with Crippen LogP contribution in [0.25, 0.3) is 0 Å². The van der Waals surface area contributed by atoms with E-state index in [-0.39, 0.29) is 13.0 Å². The maximum absolute atomic E-state index is 12.2. The fraction of sp³-hybridized carbons (Fsp3) is 0.474. The number of carbonyl (C=O) groups is 1. The van der Waals surface area contributed by atoms with Gasteiger partial charge in [0.25, 0.3) is 14.1 Å². The SMILES string of the molecule is CC(=O)OC1C[C@H](n2cc(C)c(=O)[nH]c2=O)O[C@@H]1COP1OCCN1c1ccccn1. The predicted octanol–water partition coefficient (Wildman–Crippen LogP) is 1.24. The molecule has 0 amide bonds. The molecule has 12 heteroatoms. The molecular weight excluding hydrogens is 427 g/mol. The zero-order valence-electron chi connectivity index (χ0n) is 17.1. The van der Waals surface area contributed by atoms with Crippen LogP contribution in [0.4, 0.5) is 5.82 Å². The number of carbonyl (C=O) groups excluding carboxylic acids is 1. The van der Waals surface area contributed by atoms with Gasteiger partial charge in [0.15, 0.2) is 0 Å². The van der Waals surface area contributed by atoms with Gasteiger partial charge in [-0.25, -0.2) is 9.78 Å². The third kappa shape index (κ3) is 4.85. The highest BCUT2D eigenvalue weighted by molar-refractivity contribution is 7.49. The fourth-order valence-electron chi connectivity index (χ4n) is 3.46. The summed E-state index contributed by atoms with van der Waals surface area (Å²) in [4.78, 5) is 42.1. The molecule has 11 nitrogen and oxygen atoms in total. The number of aryl methyl sites for hydroxylation is 1. The number of hydrogen-bond acceptors (Lipinski definition) is 9. The van der Waals surface area contributed by atoms with Crippen LogP contribution in [-0.4, -0.2) is 52.5 Å². The molecule has 4 heterocycles. The highest BCUT2D eigenvalue weighted by Crippen LogP contribution is 2.49. The number of esters is 1. The Kier molecular flexibility index (Phi) is 6.47. The largest absolute Gasteiger partial charge is 0.460 e. The van der Waals surface area contributed by atoms with Gasteiger partial charge in [-0.15, -0.1) is 0 Å². The Morgan fingerprint density at radius 3 is 2.97 bits per heavy atom. The summed E-state index contributed by atoms with van der Waals surface area (Å²) in [5, 5.41) is 0. The second-order valence-corrected chi connectivity index (χ2v) is 8.64. The number of nitrogens with one attached hydrogen (secondary N) is 1. The fourth-order valence-corrected chi connectivity index (χ4v) is 4.86. The summed E-state index contributed by atoms with van der Waals surface area (Å²) in [6, 6.07) is 5.60. The lowest BCUT2D eigenvalue weighted by molar-refractivity contribution is -0.150. The van der Waals surface area contributed by atoms with Crippen LogP contribution in [0.5, 0.6) is 0 Å². The first-order chi connectivity index (χ1) is 14.9. The molecule has 2 aliphatic heterocycles. The molecule has 1 N–H and O–H groups in total. The quantitative estimate of drug-likeness (QED) is 0.511. The first-order valence-electron chi connectivity index (χ1n) is 9.81. The first kappa shape index (κ1) is 21.6. The molecule has 0 spiro atoms. The average Bonchev–Trinajstić information content (AvgIpc) is 3.36. The number of ether oxygens (including phenoxy) is 2. The zero-order chi connectivity index (χ0) is 22.0.